The molecule has 1 aliphatic heterocycles. The number of likely N-dealkylation sites (tertiary alicyclic amines) is 1. The van der Waals surface area contributed by atoms with Gasteiger partial charge >= 0.3 is 0 Å². The maximum Gasteiger partial charge on any atom is 0.227 e. The third-order valence-electron chi connectivity index (χ3n) is 5.27. The average molecular weight is 350 g/mol. The molecule has 1 atom stereocenters. The van der Waals surface area contributed by atoms with Gasteiger partial charge in [0.15, 0.2) is 0 Å². The van der Waals surface area contributed by atoms with Crippen LogP contribution in [0.5, 0.6) is 0 Å². The Bertz CT molecular complexity index is 871. The monoisotopic (exact) mass is 350 g/mol. The number of nitrogens with zero attached hydrogens (tertiary/aromatic N) is 3. The van der Waals surface area contributed by atoms with Crippen LogP contribution in [0.15, 0.2) is 41.1 Å². The maximum absolute atomic E-state index is 6.01. The molecule has 1 aliphatic rings. The predicted octanol–water partition coefficient (Wildman–Crippen LogP) is 4.56. The molecule has 3 aromatic rings. The van der Waals surface area contributed by atoms with Crippen LogP contribution in [-0.2, 0) is 12.8 Å². The van der Waals surface area contributed by atoms with Crippen LogP contribution in [0.25, 0.3) is 11.0 Å². The van der Waals surface area contributed by atoms with Crippen LogP contribution in [0.4, 0.5) is 11.6 Å². The van der Waals surface area contributed by atoms with Gasteiger partial charge in [0.1, 0.15) is 11.3 Å². The van der Waals surface area contributed by atoms with Gasteiger partial charge in [-0.3, -0.25) is 0 Å². The fraction of sp³-hybridized carbons (Fsp3) is 0.429. The average Bonchev–Trinajstić information content (AvgIpc) is 3.25. The lowest BCUT2D eigenvalue weighted by molar-refractivity contribution is 0.266. The highest BCUT2D eigenvalue weighted by molar-refractivity contribution is 5.82. The number of furan rings is 1. The summed E-state index contributed by atoms with van der Waals surface area (Å²) in [6.45, 7) is 6.70. The van der Waals surface area contributed by atoms with Crippen molar-refractivity contribution in [1.29, 1.82) is 0 Å². The van der Waals surface area contributed by atoms with E-state index in [1.54, 1.807) is 0 Å². The van der Waals surface area contributed by atoms with E-state index in [-0.39, 0.29) is 0 Å². The topological polar surface area (TPSA) is 54.2 Å². The largest absolute Gasteiger partial charge is 0.461 e. The van der Waals surface area contributed by atoms with Gasteiger partial charge in [-0.15, -0.1) is 0 Å². The minimum atomic E-state index is 0.619. The Hall–Kier alpha value is -2.40. The summed E-state index contributed by atoms with van der Waals surface area (Å²) >= 11 is 0. The Balaban J connectivity index is 1.44. The van der Waals surface area contributed by atoms with Crippen molar-refractivity contribution in [3.63, 3.8) is 0 Å². The van der Waals surface area contributed by atoms with Gasteiger partial charge in [-0.2, -0.15) is 0 Å². The Morgan fingerprint density at radius 2 is 2.08 bits per heavy atom. The summed E-state index contributed by atoms with van der Waals surface area (Å²) in [5.41, 5.74) is 3.04. The van der Waals surface area contributed by atoms with E-state index in [2.05, 4.69) is 46.2 Å². The minimum Gasteiger partial charge on any atom is -0.461 e. The lowest BCUT2D eigenvalue weighted by atomic mass is 10.2. The third-order valence-corrected chi connectivity index (χ3v) is 5.27. The molecule has 1 saturated heterocycles. The summed E-state index contributed by atoms with van der Waals surface area (Å²) in [5.74, 6) is 1.67. The number of anilines is 2. The first kappa shape index (κ1) is 17.0. The van der Waals surface area contributed by atoms with E-state index in [4.69, 9.17) is 4.42 Å². The molecule has 0 aliphatic carbocycles. The zero-order valence-corrected chi connectivity index (χ0v) is 15.5. The summed E-state index contributed by atoms with van der Waals surface area (Å²) in [4.78, 5) is 11.3. The number of nitrogens with one attached hydrogen (secondary N) is 1. The highest BCUT2D eigenvalue weighted by Crippen LogP contribution is 2.25. The zero-order chi connectivity index (χ0) is 17.9. The molecule has 1 fully saturated rings. The molecule has 1 aromatic carbocycles. The number of rotatable bonds is 6. The van der Waals surface area contributed by atoms with Gasteiger partial charge in [0, 0.05) is 42.5 Å². The summed E-state index contributed by atoms with van der Waals surface area (Å²) < 4.78 is 6.01. The summed E-state index contributed by atoms with van der Waals surface area (Å²) in [7, 11) is 0. The van der Waals surface area contributed by atoms with Crippen molar-refractivity contribution < 1.29 is 4.42 Å². The van der Waals surface area contributed by atoms with Crippen molar-refractivity contribution in [2.45, 2.75) is 45.6 Å². The second kappa shape index (κ2) is 7.46. The number of hydrogen-bond acceptors (Lipinski definition) is 5. The highest BCUT2D eigenvalue weighted by Gasteiger charge is 2.20. The van der Waals surface area contributed by atoms with Gasteiger partial charge in [-0.05, 0) is 62.6 Å². The van der Waals surface area contributed by atoms with Crippen LogP contribution in [0.2, 0.25) is 0 Å². The molecule has 136 valence electrons. The minimum absolute atomic E-state index is 0.619. The SMILES string of the molecule is CCc1cnc(Nc2ccc3oc(CCN4CCCC4C)cc3c2)nc1. The van der Waals surface area contributed by atoms with Gasteiger partial charge < -0.3 is 14.6 Å². The van der Waals surface area contributed by atoms with Crippen molar-refractivity contribution in [2.75, 3.05) is 18.4 Å². The van der Waals surface area contributed by atoms with Crippen LogP contribution in [-0.4, -0.2) is 34.0 Å². The molecule has 0 amide bonds. The third kappa shape index (κ3) is 3.73. The van der Waals surface area contributed by atoms with Gasteiger partial charge in [0.05, 0.1) is 0 Å². The molecule has 4 rings (SSSR count). The van der Waals surface area contributed by atoms with Crippen molar-refractivity contribution in [3.8, 4) is 0 Å². The van der Waals surface area contributed by atoms with E-state index in [1.807, 2.05) is 24.5 Å². The predicted molar refractivity (Wildman–Crippen MR) is 105 cm³/mol. The zero-order valence-electron chi connectivity index (χ0n) is 15.5. The molecule has 1 unspecified atom stereocenters. The first-order valence-electron chi connectivity index (χ1n) is 9.56. The highest BCUT2D eigenvalue weighted by atomic mass is 16.3. The van der Waals surface area contributed by atoms with Crippen LogP contribution >= 0.6 is 0 Å². The normalized spacial score (nSPS) is 17.8. The fourth-order valence-corrected chi connectivity index (χ4v) is 3.61. The molecule has 5 nitrogen and oxygen atoms in total. The van der Waals surface area contributed by atoms with Crippen LogP contribution in [0, 0.1) is 0 Å². The van der Waals surface area contributed by atoms with Gasteiger partial charge in [0.25, 0.3) is 0 Å². The fourth-order valence-electron chi connectivity index (χ4n) is 3.61. The summed E-state index contributed by atoms with van der Waals surface area (Å²) in [6.07, 6.45) is 8.27. The Morgan fingerprint density at radius 3 is 2.81 bits per heavy atom. The lowest BCUT2D eigenvalue weighted by Gasteiger charge is -2.19. The quantitative estimate of drug-likeness (QED) is 0.706. The molecule has 2 aromatic heterocycles. The molecule has 5 heteroatoms. The number of aryl methyl sites for hydroxylation is 1. The van der Waals surface area contributed by atoms with Gasteiger partial charge in [-0.25, -0.2) is 9.97 Å². The van der Waals surface area contributed by atoms with Crippen LogP contribution in [0.1, 0.15) is 38.0 Å². The Kier molecular flexibility index (Phi) is 4.89. The first-order valence-corrected chi connectivity index (χ1v) is 9.56. The number of hydrogen-bond donors (Lipinski definition) is 1. The van der Waals surface area contributed by atoms with Crippen molar-refractivity contribution in [1.82, 2.24) is 14.9 Å². The standard InChI is InChI=1S/C21H26N4O/c1-3-16-13-22-21(23-14-16)24-18-6-7-20-17(11-18)12-19(26-20)8-10-25-9-4-5-15(25)2/h6-7,11-15H,3-5,8-10H2,1-2H3,(H,22,23,24). The van der Waals surface area contributed by atoms with Crippen LogP contribution in [0.3, 0.4) is 0 Å². The van der Waals surface area contributed by atoms with E-state index < -0.39 is 0 Å². The lowest BCUT2D eigenvalue weighted by Crippen LogP contribution is -2.28. The van der Waals surface area contributed by atoms with E-state index in [1.165, 1.54) is 19.4 Å². The van der Waals surface area contributed by atoms with E-state index in [9.17, 15) is 0 Å². The van der Waals surface area contributed by atoms with Crippen molar-refractivity contribution in [3.05, 3.63) is 48.0 Å². The Labute approximate surface area is 154 Å². The molecule has 1 N–H and O–H groups in total. The molecule has 0 radical (unpaired) electrons. The molecular formula is C21H26N4O. The molecule has 3 heterocycles. The molecular weight excluding hydrogens is 324 g/mol. The van der Waals surface area contributed by atoms with Gasteiger partial charge in [0.2, 0.25) is 5.95 Å². The molecule has 0 bridgehead atoms. The second-order valence-corrected chi connectivity index (χ2v) is 7.14. The summed E-state index contributed by atoms with van der Waals surface area (Å²) in [5, 5.41) is 4.38. The van der Waals surface area contributed by atoms with Crippen LogP contribution < -0.4 is 5.32 Å². The number of benzene rings is 1. The van der Waals surface area contributed by atoms with E-state index in [0.717, 1.165) is 47.4 Å². The maximum atomic E-state index is 6.01. The number of fused-ring (bicyclic) bond motifs is 1. The molecule has 26 heavy (non-hydrogen) atoms. The van der Waals surface area contributed by atoms with E-state index >= 15 is 0 Å². The smallest absolute Gasteiger partial charge is 0.227 e. The van der Waals surface area contributed by atoms with Gasteiger partial charge in [-0.1, -0.05) is 6.92 Å². The summed E-state index contributed by atoms with van der Waals surface area (Å²) in [6, 6.07) is 8.98. The molecule has 0 spiro atoms. The Morgan fingerprint density at radius 1 is 1.23 bits per heavy atom. The van der Waals surface area contributed by atoms with E-state index in [0.29, 0.717) is 12.0 Å². The molecule has 0 saturated carbocycles. The number of aromatic nitrogens is 2. The van der Waals surface area contributed by atoms with Crippen molar-refractivity contribution >= 4 is 22.6 Å². The first-order chi connectivity index (χ1) is 12.7. The second-order valence-electron chi connectivity index (χ2n) is 7.14. The van der Waals surface area contributed by atoms with Crippen molar-refractivity contribution in [2.24, 2.45) is 0 Å².